The van der Waals surface area contributed by atoms with E-state index in [0.717, 1.165) is 42.1 Å². The fraction of sp³-hybridized carbons (Fsp3) is 0.773. The van der Waals surface area contributed by atoms with Gasteiger partial charge in [0.25, 0.3) is 0 Å². The molecule has 178 valence electrons. The predicted octanol–water partition coefficient (Wildman–Crippen LogP) is 4.37. The van der Waals surface area contributed by atoms with E-state index < -0.39 is 0 Å². The molecule has 1 unspecified atom stereocenters. The molecule has 1 aromatic rings. The van der Waals surface area contributed by atoms with E-state index in [9.17, 15) is 4.79 Å². The molecule has 0 saturated carbocycles. The number of esters is 1. The Balaban J connectivity index is 0.00000480. The zero-order valence-electron chi connectivity index (χ0n) is 19.7. The Morgan fingerprint density at radius 2 is 2.03 bits per heavy atom. The highest BCUT2D eigenvalue weighted by Crippen LogP contribution is 2.24. The fourth-order valence-electron chi connectivity index (χ4n) is 3.50. The fourth-order valence-corrected chi connectivity index (χ4v) is 4.46. The van der Waals surface area contributed by atoms with Crippen molar-refractivity contribution < 1.29 is 9.53 Å². The third-order valence-corrected chi connectivity index (χ3v) is 6.69. The van der Waals surface area contributed by atoms with Gasteiger partial charge in [-0.25, -0.2) is 9.78 Å². The first-order valence-electron chi connectivity index (χ1n) is 11.4. The number of carbonyl (C=O) groups excluding carboxylic acids is 1. The molecule has 2 heterocycles. The summed E-state index contributed by atoms with van der Waals surface area (Å²) in [7, 11) is 0. The van der Waals surface area contributed by atoms with E-state index in [4.69, 9.17) is 9.73 Å². The minimum atomic E-state index is -0.297. The quantitative estimate of drug-likeness (QED) is 0.144. The van der Waals surface area contributed by atoms with Crippen LogP contribution in [0.4, 0.5) is 0 Å². The van der Waals surface area contributed by atoms with Gasteiger partial charge in [0, 0.05) is 13.1 Å². The first kappa shape index (κ1) is 28.1. The Hall–Kier alpha value is -0.940. The lowest BCUT2D eigenvalue weighted by molar-refractivity contribution is 0.0531. The maximum absolute atomic E-state index is 12.0. The van der Waals surface area contributed by atoms with Crippen molar-refractivity contribution in [3.05, 3.63) is 15.6 Å². The van der Waals surface area contributed by atoms with Gasteiger partial charge >= 0.3 is 5.97 Å². The molecule has 0 aliphatic carbocycles. The standard InChI is InChI=1S/C22H39N5O2S.HI/c1-6-23-22(24-12-8-9-13-27-14-10-16(3)11-15-27)26-18(5)20-25-17(4)19(30-20)21(28)29-7-2;/h16,18H,6-15H2,1-5H3,(H2,23,24,26);1H. The maximum Gasteiger partial charge on any atom is 0.350 e. The number of rotatable bonds is 10. The first-order valence-corrected chi connectivity index (χ1v) is 12.2. The van der Waals surface area contributed by atoms with Crippen LogP contribution >= 0.6 is 35.3 Å². The number of piperidine rings is 1. The van der Waals surface area contributed by atoms with Crippen molar-refractivity contribution in [1.82, 2.24) is 20.5 Å². The molecular formula is C22H40IN5O2S. The number of aliphatic imine (C=N–C) groups is 1. The lowest BCUT2D eigenvalue weighted by Gasteiger charge is -2.30. The topological polar surface area (TPSA) is 78.9 Å². The van der Waals surface area contributed by atoms with E-state index in [1.807, 2.05) is 20.8 Å². The van der Waals surface area contributed by atoms with Crippen LogP contribution in [0.1, 0.15) is 79.8 Å². The smallest absolute Gasteiger partial charge is 0.350 e. The Kier molecular flexibility index (Phi) is 13.6. The first-order chi connectivity index (χ1) is 14.4. The molecule has 9 heteroatoms. The zero-order valence-corrected chi connectivity index (χ0v) is 22.8. The zero-order chi connectivity index (χ0) is 21.9. The maximum atomic E-state index is 12.0. The van der Waals surface area contributed by atoms with Crippen molar-refractivity contribution >= 4 is 47.2 Å². The lowest BCUT2D eigenvalue weighted by Crippen LogP contribution is -2.38. The minimum Gasteiger partial charge on any atom is -0.462 e. The Labute approximate surface area is 208 Å². The molecule has 0 spiro atoms. The summed E-state index contributed by atoms with van der Waals surface area (Å²) in [4.78, 5) is 24.5. The van der Waals surface area contributed by atoms with Gasteiger partial charge in [0.1, 0.15) is 9.88 Å². The molecule has 0 aromatic carbocycles. The number of likely N-dealkylation sites (tertiary alicyclic amines) is 1. The van der Waals surface area contributed by atoms with Gasteiger partial charge < -0.3 is 20.3 Å². The van der Waals surface area contributed by atoms with Gasteiger partial charge in [-0.1, -0.05) is 6.92 Å². The summed E-state index contributed by atoms with van der Waals surface area (Å²) in [5, 5.41) is 7.58. The number of thiazole rings is 1. The molecule has 1 fully saturated rings. The van der Waals surface area contributed by atoms with E-state index in [0.29, 0.717) is 11.5 Å². The van der Waals surface area contributed by atoms with Crippen molar-refractivity contribution in [2.24, 2.45) is 10.9 Å². The van der Waals surface area contributed by atoms with E-state index >= 15 is 0 Å². The molecule has 0 bridgehead atoms. The van der Waals surface area contributed by atoms with Gasteiger partial charge in [0.2, 0.25) is 0 Å². The number of hydrogen-bond donors (Lipinski definition) is 2. The van der Waals surface area contributed by atoms with Crippen molar-refractivity contribution in [2.45, 2.75) is 66.3 Å². The average molecular weight is 566 g/mol. The second kappa shape index (κ2) is 15.0. The van der Waals surface area contributed by atoms with Gasteiger partial charge in [-0.2, -0.15) is 0 Å². The lowest BCUT2D eigenvalue weighted by atomic mass is 9.99. The van der Waals surface area contributed by atoms with Crippen molar-refractivity contribution in [3.8, 4) is 0 Å². The summed E-state index contributed by atoms with van der Waals surface area (Å²) in [5.41, 5.74) is 0.719. The highest BCUT2D eigenvalue weighted by atomic mass is 127. The van der Waals surface area contributed by atoms with Crippen molar-refractivity contribution in [3.63, 3.8) is 0 Å². The van der Waals surface area contributed by atoms with Gasteiger partial charge in [0.15, 0.2) is 5.96 Å². The Morgan fingerprint density at radius 1 is 1.32 bits per heavy atom. The number of aryl methyl sites for hydroxylation is 1. The van der Waals surface area contributed by atoms with Crippen LogP contribution in [0.3, 0.4) is 0 Å². The summed E-state index contributed by atoms with van der Waals surface area (Å²) >= 11 is 1.39. The number of unbranched alkanes of at least 4 members (excludes halogenated alkanes) is 1. The summed E-state index contributed by atoms with van der Waals surface area (Å²) in [6, 6.07) is -0.0370. The van der Waals surface area contributed by atoms with E-state index in [2.05, 4.69) is 34.4 Å². The number of nitrogens with one attached hydrogen (secondary N) is 2. The highest BCUT2D eigenvalue weighted by molar-refractivity contribution is 14.0. The molecule has 1 saturated heterocycles. The van der Waals surface area contributed by atoms with E-state index in [1.54, 1.807) is 0 Å². The summed E-state index contributed by atoms with van der Waals surface area (Å²) in [6.45, 7) is 15.8. The monoisotopic (exact) mass is 565 g/mol. The van der Waals surface area contributed by atoms with Crippen LogP contribution < -0.4 is 10.6 Å². The van der Waals surface area contributed by atoms with E-state index in [-0.39, 0.29) is 36.0 Å². The molecule has 1 aliphatic rings. The molecule has 2 rings (SSSR count). The Bertz CT molecular complexity index is 689. The number of ether oxygens (including phenoxy) is 1. The van der Waals surface area contributed by atoms with Crippen LogP contribution in [0.15, 0.2) is 4.99 Å². The Morgan fingerprint density at radius 3 is 2.68 bits per heavy atom. The number of hydrogen-bond acceptors (Lipinski definition) is 6. The largest absolute Gasteiger partial charge is 0.462 e. The van der Waals surface area contributed by atoms with E-state index in [1.165, 1.54) is 50.2 Å². The summed E-state index contributed by atoms with van der Waals surface area (Å²) in [6.07, 6.45) is 4.93. The molecule has 31 heavy (non-hydrogen) atoms. The molecule has 0 radical (unpaired) electrons. The molecule has 2 N–H and O–H groups in total. The van der Waals surface area contributed by atoms with Crippen molar-refractivity contribution in [2.75, 3.05) is 39.3 Å². The van der Waals surface area contributed by atoms with Crippen LogP contribution in [0.2, 0.25) is 0 Å². The van der Waals surface area contributed by atoms with Crippen LogP contribution in [-0.4, -0.2) is 61.1 Å². The molecular weight excluding hydrogens is 525 g/mol. The summed E-state index contributed by atoms with van der Waals surface area (Å²) < 4.78 is 5.12. The third-order valence-electron chi connectivity index (χ3n) is 5.37. The highest BCUT2D eigenvalue weighted by Gasteiger charge is 2.20. The van der Waals surface area contributed by atoms with Crippen LogP contribution in [0.5, 0.6) is 0 Å². The number of halogens is 1. The van der Waals surface area contributed by atoms with Gasteiger partial charge in [-0.15, -0.1) is 35.3 Å². The molecule has 1 atom stereocenters. The second-order valence-corrected chi connectivity index (χ2v) is 9.08. The number of guanidine groups is 1. The molecule has 1 aromatic heterocycles. The second-order valence-electron chi connectivity index (χ2n) is 8.05. The SMILES string of the molecule is CCNC(=NCCCCN1CCC(C)CC1)NC(C)c1nc(C)c(C(=O)OCC)s1.I. The van der Waals surface area contributed by atoms with Crippen molar-refractivity contribution in [1.29, 1.82) is 0 Å². The van der Waals surface area contributed by atoms with Crippen LogP contribution in [0.25, 0.3) is 0 Å². The van der Waals surface area contributed by atoms with Gasteiger partial charge in [-0.05, 0) is 78.9 Å². The van der Waals surface area contributed by atoms with Gasteiger partial charge in [-0.3, -0.25) is 4.99 Å². The number of nitrogens with zero attached hydrogens (tertiary/aromatic N) is 3. The molecule has 0 amide bonds. The minimum absolute atomic E-state index is 0. The predicted molar refractivity (Wildman–Crippen MR) is 140 cm³/mol. The third kappa shape index (κ3) is 9.61. The van der Waals surface area contributed by atoms with Crippen LogP contribution in [0, 0.1) is 12.8 Å². The van der Waals surface area contributed by atoms with Gasteiger partial charge in [0.05, 0.1) is 18.3 Å². The number of carbonyl (C=O) groups is 1. The van der Waals surface area contributed by atoms with Crippen LogP contribution in [-0.2, 0) is 4.74 Å². The summed E-state index contributed by atoms with van der Waals surface area (Å²) in [5.74, 6) is 1.38. The number of aromatic nitrogens is 1. The normalized spacial score (nSPS) is 16.5. The molecule has 7 nitrogen and oxygen atoms in total. The molecule has 1 aliphatic heterocycles. The average Bonchev–Trinajstić information content (AvgIpc) is 3.11.